The van der Waals surface area contributed by atoms with Gasteiger partial charge in [0, 0.05) is 18.7 Å². The number of carbonyl (C=O) groups excluding carboxylic acids is 1. The predicted molar refractivity (Wildman–Crippen MR) is 76.5 cm³/mol. The van der Waals surface area contributed by atoms with Crippen molar-refractivity contribution in [2.24, 2.45) is 0 Å². The second-order valence-electron chi connectivity index (χ2n) is 5.12. The monoisotopic (exact) mass is 278 g/mol. The largest absolute Gasteiger partial charge is 0.496 e. The van der Waals surface area contributed by atoms with Crippen molar-refractivity contribution in [3.8, 4) is 5.75 Å². The summed E-state index contributed by atoms with van der Waals surface area (Å²) in [7, 11) is 1.62. The number of rotatable bonds is 5. The number of carbonyl (C=O) groups is 1. The van der Waals surface area contributed by atoms with Crippen molar-refractivity contribution in [1.82, 2.24) is 10.2 Å². The number of piperidine rings is 1. The second-order valence-corrected chi connectivity index (χ2v) is 5.12. The minimum absolute atomic E-state index is 0.0231. The molecule has 0 unspecified atom stereocenters. The number of β-amino-alcohol motifs (C(OH)–C–C–N with tert-alkyl or cyclic N) is 1. The Hall–Kier alpha value is -1.59. The van der Waals surface area contributed by atoms with E-state index in [2.05, 4.69) is 5.32 Å². The number of aliphatic hydroxyl groups is 1. The molecule has 1 saturated heterocycles. The Morgan fingerprint density at radius 1 is 1.50 bits per heavy atom. The number of hydrogen-bond donors (Lipinski definition) is 2. The lowest BCUT2D eigenvalue weighted by Crippen LogP contribution is -2.44. The highest BCUT2D eigenvalue weighted by atomic mass is 16.5. The molecule has 1 fully saturated rings. The summed E-state index contributed by atoms with van der Waals surface area (Å²) in [4.78, 5) is 13.9. The summed E-state index contributed by atoms with van der Waals surface area (Å²) in [6.07, 6.45) is 1.48. The zero-order valence-corrected chi connectivity index (χ0v) is 11.8. The van der Waals surface area contributed by atoms with Gasteiger partial charge in [-0.15, -0.1) is 0 Å². The summed E-state index contributed by atoms with van der Waals surface area (Å²) >= 11 is 0. The number of likely N-dealkylation sites (tertiary alicyclic amines) is 1. The van der Waals surface area contributed by atoms with Gasteiger partial charge in [-0.3, -0.25) is 9.69 Å². The first-order valence-corrected chi connectivity index (χ1v) is 6.98. The third-order valence-electron chi connectivity index (χ3n) is 3.52. The molecule has 2 rings (SSSR count). The third-order valence-corrected chi connectivity index (χ3v) is 3.52. The third kappa shape index (κ3) is 4.21. The highest BCUT2D eigenvalue weighted by Crippen LogP contribution is 2.16. The molecule has 110 valence electrons. The van der Waals surface area contributed by atoms with Crippen molar-refractivity contribution in [3.05, 3.63) is 29.8 Å². The van der Waals surface area contributed by atoms with Crippen LogP contribution in [0.1, 0.15) is 18.4 Å². The zero-order chi connectivity index (χ0) is 14.4. The molecule has 1 heterocycles. The van der Waals surface area contributed by atoms with Crippen LogP contribution in [0, 0.1) is 0 Å². The van der Waals surface area contributed by atoms with Crippen LogP contribution in [-0.2, 0) is 11.3 Å². The van der Waals surface area contributed by atoms with Crippen molar-refractivity contribution in [1.29, 1.82) is 0 Å². The standard InChI is InChI=1S/C15H22N2O3/c1-20-14-7-3-2-5-12(14)9-16-15(19)11-17-8-4-6-13(18)10-17/h2-3,5,7,13,18H,4,6,8-11H2,1H3,(H,16,19)/t13-/m0/s1. The Morgan fingerprint density at radius 3 is 3.05 bits per heavy atom. The molecule has 20 heavy (non-hydrogen) atoms. The maximum Gasteiger partial charge on any atom is 0.234 e. The van der Waals surface area contributed by atoms with E-state index >= 15 is 0 Å². The molecule has 1 atom stereocenters. The fourth-order valence-corrected chi connectivity index (χ4v) is 2.48. The topological polar surface area (TPSA) is 61.8 Å². The van der Waals surface area contributed by atoms with Gasteiger partial charge in [0.05, 0.1) is 19.8 Å². The Balaban J connectivity index is 1.80. The second kappa shape index (κ2) is 7.26. The molecule has 5 nitrogen and oxygen atoms in total. The van der Waals surface area contributed by atoms with Crippen LogP contribution < -0.4 is 10.1 Å². The van der Waals surface area contributed by atoms with Gasteiger partial charge in [0.25, 0.3) is 0 Å². The number of nitrogens with one attached hydrogen (secondary N) is 1. The van der Waals surface area contributed by atoms with E-state index in [1.807, 2.05) is 29.2 Å². The van der Waals surface area contributed by atoms with Gasteiger partial charge in [0.2, 0.25) is 5.91 Å². The highest BCUT2D eigenvalue weighted by Gasteiger charge is 2.19. The fourth-order valence-electron chi connectivity index (χ4n) is 2.48. The Kier molecular flexibility index (Phi) is 5.38. The van der Waals surface area contributed by atoms with Crippen molar-refractivity contribution in [2.75, 3.05) is 26.7 Å². The number of ether oxygens (including phenoxy) is 1. The molecule has 0 spiro atoms. The van der Waals surface area contributed by atoms with E-state index < -0.39 is 0 Å². The molecule has 1 aliphatic rings. The smallest absolute Gasteiger partial charge is 0.234 e. The molecule has 1 aromatic carbocycles. The van der Waals surface area contributed by atoms with Gasteiger partial charge >= 0.3 is 0 Å². The molecule has 0 aliphatic carbocycles. The Labute approximate surface area is 119 Å². The van der Waals surface area contributed by atoms with E-state index in [1.165, 1.54) is 0 Å². The number of aliphatic hydroxyl groups excluding tert-OH is 1. The van der Waals surface area contributed by atoms with Crippen LogP contribution in [0.3, 0.4) is 0 Å². The summed E-state index contributed by atoms with van der Waals surface area (Å²) in [5.74, 6) is 0.756. The summed E-state index contributed by atoms with van der Waals surface area (Å²) in [6.45, 7) is 2.26. The van der Waals surface area contributed by atoms with Crippen molar-refractivity contribution in [2.45, 2.75) is 25.5 Å². The average Bonchev–Trinajstić information content (AvgIpc) is 2.45. The number of para-hydroxylation sites is 1. The minimum atomic E-state index is -0.300. The SMILES string of the molecule is COc1ccccc1CNC(=O)CN1CCC[C@H](O)C1. The molecular formula is C15H22N2O3. The summed E-state index contributed by atoms with van der Waals surface area (Å²) < 4.78 is 5.25. The van der Waals surface area contributed by atoms with Crippen molar-refractivity contribution < 1.29 is 14.6 Å². The van der Waals surface area contributed by atoms with Gasteiger partial charge in [-0.05, 0) is 25.5 Å². The van der Waals surface area contributed by atoms with E-state index in [0.717, 1.165) is 30.7 Å². The van der Waals surface area contributed by atoms with Gasteiger partial charge < -0.3 is 15.2 Å². The van der Waals surface area contributed by atoms with Crippen LogP contribution in [0.2, 0.25) is 0 Å². The fraction of sp³-hybridized carbons (Fsp3) is 0.533. The summed E-state index contributed by atoms with van der Waals surface area (Å²) in [5, 5.41) is 12.5. The summed E-state index contributed by atoms with van der Waals surface area (Å²) in [6, 6.07) is 7.64. The van der Waals surface area contributed by atoms with E-state index in [4.69, 9.17) is 4.74 Å². The minimum Gasteiger partial charge on any atom is -0.496 e. The zero-order valence-electron chi connectivity index (χ0n) is 11.8. The lowest BCUT2D eigenvalue weighted by molar-refractivity contribution is -0.123. The molecule has 0 bridgehead atoms. The Bertz CT molecular complexity index is 450. The van der Waals surface area contributed by atoms with Crippen LogP contribution in [0.4, 0.5) is 0 Å². The first-order valence-electron chi connectivity index (χ1n) is 6.98. The normalized spacial score (nSPS) is 19.6. The molecule has 1 aliphatic heterocycles. The maximum atomic E-state index is 11.9. The molecule has 0 radical (unpaired) electrons. The number of benzene rings is 1. The maximum absolute atomic E-state index is 11.9. The first kappa shape index (κ1) is 14.8. The van der Waals surface area contributed by atoms with Gasteiger partial charge in [-0.25, -0.2) is 0 Å². The molecule has 1 aromatic rings. The molecule has 0 aromatic heterocycles. The Morgan fingerprint density at radius 2 is 2.30 bits per heavy atom. The molecule has 0 saturated carbocycles. The van der Waals surface area contributed by atoms with Gasteiger partial charge in [-0.1, -0.05) is 18.2 Å². The first-order chi connectivity index (χ1) is 9.69. The predicted octanol–water partition coefficient (Wildman–Crippen LogP) is 0.768. The lowest BCUT2D eigenvalue weighted by Gasteiger charge is -2.29. The average molecular weight is 278 g/mol. The number of amides is 1. The van der Waals surface area contributed by atoms with E-state index in [-0.39, 0.29) is 12.0 Å². The molecule has 1 amide bonds. The lowest BCUT2D eigenvalue weighted by atomic mass is 10.1. The van der Waals surface area contributed by atoms with Crippen LogP contribution in [0.15, 0.2) is 24.3 Å². The van der Waals surface area contributed by atoms with E-state index in [9.17, 15) is 9.90 Å². The highest BCUT2D eigenvalue weighted by molar-refractivity contribution is 5.78. The van der Waals surface area contributed by atoms with Crippen LogP contribution in [0.5, 0.6) is 5.75 Å². The quantitative estimate of drug-likeness (QED) is 0.835. The van der Waals surface area contributed by atoms with Gasteiger partial charge in [0.1, 0.15) is 5.75 Å². The molecule has 2 N–H and O–H groups in total. The van der Waals surface area contributed by atoms with Gasteiger partial charge in [0.15, 0.2) is 0 Å². The number of methoxy groups -OCH3 is 1. The van der Waals surface area contributed by atoms with Crippen LogP contribution >= 0.6 is 0 Å². The van der Waals surface area contributed by atoms with Gasteiger partial charge in [-0.2, -0.15) is 0 Å². The van der Waals surface area contributed by atoms with Crippen LogP contribution in [0.25, 0.3) is 0 Å². The van der Waals surface area contributed by atoms with Crippen molar-refractivity contribution >= 4 is 5.91 Å². The molecular weight excluding hydrogens is 256 g/mol. The summed E-state index contributed by atoms with van der Waals surface area (Å²) in [5.41, 5.74) is 0.960. The molecule has 5 heteroatoms. The number of nitrogens with zero attached hydrogens (tertiary/aromatic N) is 1. The number of hydrogen-bond acceptors (Lipinski definition) is 4. The van der Waals surface area contributed by atoms with E-state index in [0.29, 0.717) is 19.6 Å². The van der Waals surface area contributed by atoms with E-state index in [1.54, 1.807) is 7.11 Å². The van der Waals surface area contributed by atoms with Crippen molar-refractivity contribution in [3.63, 3.8) is 0 Å². The van der Waals surface area contributed by atoms with Crippen LogP contribution in [-0.4, -0.2) is 48.8 Å².